The Morgan fingerprint density at radius 3 is 1.83 bits per heavy atom. The third-order valence-electron chi connectivity index (χ3n) is 6.43. The van der Waals surface area contributed by atoms with Crippen LogP contribution in [0.25, 0.3) is 0 Å². The van der Waals surface area contributed by atoms with E-state index in [4.69, 9.17) is 26.8 Å². The quantitative estimate of drug-likeness (QED) is 0.151. The predicted molar refractivity (Wildman–Crippen MR) is 153 cm³/mol. The Balaban J connectivity index is 1.64. The fourth-order valence-electron chi connectivity index (χ4n) is 4.25. The van der Waals surface area contributed by atoms with Crippen LogP contribution in [0.3, 0.4) is 0 Å². The van der Waals surface area contributed by atoms with Crippen LogP contribution in [-0.2, 0) is 0 Å². The number of ether oxygens (including phenoxy) is 2. The van der Waals surface area contributed by atoms with Gasteiger partial charge in [0.2, 0.25) is 0 Å². The number of nitrogens with two attached hydrogens (primary N) is 1. The summed E-state index contributed by atoms with van der Waals surface area (Å²) in [5.41, 5.74) is 7.43. The van der Waals surface area contributed by atoms with Crippen molar-refractivity contribution in [2.24, 2.45) is 0 Å². The van der Waals surface area contributed by atoms with Gasteiger partial charge in [-0.2, -0.15) is 0 Å². The van der Waals surface area contributed by atoms with Gasteiger partial charge >= 0.3 is 0 Å². The molecule has 0 bridgehead atoms. The van der Waals surface area contributed by atoms with Crippen molar-refractivity contribution in [1.29, 1.82) is 0 Å². The molecular formula is C28H46ClN5O2. The number of methoxy groups -OCH3 is 2. The molecule has 4 N–H and O–H groups in total. The maximum Gasteiger partial charge on any atom is 0.159 e. The number of halogens is 1. The van der Waals surface area contributed by atoms with E-state index in [9.17, 15) is 0 Å². The molecule has 2 rings (SSSR count). The molecule has 0 fully saturated rings. The van der Waals surface area contributed by atoms with Gasteiger partial charge in [0.15, 0.2) is 11.6 Å². The molecule has 1 heterocycles. The first-order valence-electron chi connectivity index (χ1n) is 13.6. The molecule has 2 aromatic rings. The van der Waals surface area contributed by atoms with Gasteiger partial charge in [0.1, 0.15) is 23.5 Å². The molecule has 0 aliphatic carbocycles. The Morgan fingerprint density at radius 2 is 1.28 bits per heavy atom. The first-order chi connectivity index (χ1) is 17.6. The topological polar surface area (TPSA) is 94.3 Å². The molecule has 0 unspecified atom stereocenters. The van der Waals surface area contributed by atoms with Gasteiger partial charge in [0.05, 0.1) is 24.9 Å². The summed E-state index contributed by atoms with van der Waals surface area (Å²) >= 11 is 6.28. The SMILES string of the molecule is CCCCCCCCCCCCCCCCNc1ncnc(Nc2cc(Cl)c(OC)cc2OC)c1N. The molecule has 0 saturated heterocycles. The second-order valence-corrected chi connectivity index (χ2v) is 9.73. The monoisotopic (exact) mass is 519 g/mol. The molecule has 36 heavy (non-hydrogen) atoms. The summed E-state index contributed by atoms with van der Waals surface area (Å²) in [7, 11) is 3.15. The fraction of sp³-hybridized carbons (Fsp3) is 0.643. The smallest absolute Gasteiger partial charge is 0.159 e. The number of hydrogen-bond acceptors (Lipinski definition) is 7. The highest BCUT2D eigenvalue weighted by atomic mass is 35.5. The van der Waals surface area contributed by atoms with E-state index >= 15 is 0 Å². The zero-order valence-electron chi connectivity index (χ0n) is 22.5. The minimum atomic E-state index is 0.455. The first kappa shape index (κ1) is 29.8. The van der Waals surface area contributed by atoms with Gasteiger partial charge < -0.3 is 25.8 Å². The van der Waals surface area contributed by atoms with Crippen molar-refractivity contribution < 1.29 is 9.47 Å². The lowest BCUT2D eigenvalue weighted by Crippen LogP contribution is -2.09. The van der Waals surface area contributed by atoms with Crippen molar-refractivity contribution in [3.05, 3.63) is 23.5 Å². The lowest BCUT2D eigenvalue weighted by atomic mass is 10.0. The molecule has 1 aromatic heterocycles. The Kier molecular flexibility index (Phi) is 14.9. The van der Waals surface area contributed by atoms with Crippen LogP contribution in [-0.4, -0.2) is 30.7 Å². The Hall–Kier alpha value is -2.41. The van der Waals surface area contributed by atoms with E-state index in [0.717, 1.165) is 13.0 Å². The lowest BCUT2D eigenvalue weighted by molar-refractivity contribution is 0.396. The van der Waals surface area contributed by atoms with Gasteiger partial charge in [-0.05, 0) is 12.5 Å². The number of anilines is 4. The van der Waals surface area contributed by atoms with E-state index in [0.29, 0.717) is 39.5 Å². The van der Waals surface area contributed by atoms with E-state index in [2.05, 4.69) is 27.5 Å². The van der Waals surface area contributed by atoms with Crippen molar-refractivity contribution in [3.63, 3.8) is 0 Å². The summed E-state index contributed by atoms with van der Waals surface area (Å²) in [6.07, 6.45) is 20.4. The molecule has 202 valence electrons. The van der Waals surface area contributed by atoms with Crippen LogP contribution < -0.4 is 25.8 Å². The maximum atomic E-state index is 6.33. The van der Waals surface area contributed by atoms with Crippen molar-refractivity contribution in [1.82, 2.24) is 9.97 Å². The maximum absolute atomic E-state index is 6.33. The number of nitrogens with zero attached hydrogens (tertiary/aromatic N) is 2. The normalized spacial score (nSPS) is 10.9. The summed E-state index contributed by atoms with van der Waals surface area (Å²) in [4.78, 5) is 8.59. The zero-order chi connectivity index (χ0) is 26.0. The minimum Gasteiger partial charge on any atom is -0.495 e. The number of nitrogens with one attached hydrogen (secondary N) is 2. The van der Waals surface area contributed by atoms with Crippen molar-refractivity contribution in [2.75, 3.05) is 37.1 Å². The Bertz CT molecular complexity index is 881. The van der Waals surface area contributed by atoms with Crippen LogP contribution >= 0.6 is 11.6 Å². The third-order valence-corrected chi connectivity index (χ3v) is 6.73. The molecule has 0 aliphatic heterocycles. The van der Waals surface area contributed by atoms with Crippen LogP contribution in [0.4, 0.5) is 23.0 Å². The second-order valence-electron chi connectivity index (χ2n) is 9.32. The summed E-state index contributed by atoms with van der Waals surface area (Å²) in [6.45, 7) is 3.11. The Morgan fingerprint density at radius 1 is 0.750 bits per heavy atom. The summed E-state index contributed by atoms with van der Waals surface area (Å²) < 4.78 is 10.7. The van der Waals surface area contributed by atoms with Crippen molar-refractivity contribution in [3.8, 4) is 11.5 Å². The average molecular weight is 520 g/mol. The molecule has 0 atom stereocenters. The van der Waals surface area contributed by atoms with Gasteiger partial charge in [-0.25, -0.2) is 9.97 Å². The average Bonchev–Trinajstić information content (AvgIpc) is 2.88. The number of aromatic nitrogens is 2. The van der Waals surface area contributed by atoms with Gasteiger partial charge in [0, 0.05) is 12.6 Å². The Labute approximate surface area is 222 Å². The summed E-state index contributed by atoms with van der Waals surface area (Å²) in [5.74, 6) is 2.23. The zero-order valence-corrected chi connectivity index (χ0v) is 23.3. The van der Waals surface area contributed by atoms with Crippen LogP contribution in [0.5, 0.6) is 11.5 Å². The molecule has 0 saturated carbocycles. The van der Waals surface area contributed by atoms with Gasteiger partial charge in [-0.15, -0.1) is 0 Å². The van der Waals surface area contributed by atoms with E-state index in [1.807, 2.05) is 0 Å². The second kappa shape index (κ2) is 17.9. The highest BCUT2D eigenvalue weighted by Crippen LogP contribution is 2.38. The van der Waals surface area contributed by atoms with Crippen LogP contribution in [0, 0.1) is 0 Å². The van der Waals surface area contributed by atoms with Crippen LogP contribution in [0.1, 0.15) is 96.8 Å². The molecule has 7 nitrogen and oxygen atoms in total. The molecular weight excluding hydrogens is 474 g/mol. The number of nitrogen functional groups attached to an aromatic ring is 1. The van der Waals surface area contributed by atoms with Crippen LogP contribution in [0.2, 0.25) is 5.02 Å². The largest absolute Gasteiger partial charge is 0.495 e. The molecule has 0 radical (unpaired) electrons. The number of rotatable bonds is 20. The third kappa shape index (κ3) is 10.7. The fourth-order valence-corrected chi connectivity index (χ4v) is 4.49. The number of unbranched alkanes of at least 4 members (excludes halogenated alkanes) is 13. The minimum absolute atomic E-state index is 0.455. The van der Waals surface area contributed by atoms with Gasteiger partial charge in [0.25, 0.3) is 0 Å². The molecule has 0 spiro atoms. The molecule has 0 amide bonds. The summed E-state index contributed by atoms with van der Waals surface area (Å²) in [6, 6.07) is 3.44. The van der Waals surface area contributed by atoms with Gasteiger partial charge in [-0.3, -0.25) is 0 Å². The lowest BCUT2D eigenvalue weighted by Gasteiger charge is -2.16. The number of hydrogen-bond donors (Lipinski definition) is 3. The van der Waals surface area contributed by atoms with Gasteiger partial charge in [-0.1, -0.05) is 102 Å². The number of benzene rings is 1. The van der Waals surface area contributed by atoms with E-state index in [1.165, 1.54) is 89.8 Å². The molecule has 1 aromatic carbocycles. The summed E-state index contributed by atoms with van der Waals surface area (Å²) in [5, 5.41) is 7.01. The molecule has 8 heteroatoms. The van der Waals surface area contributed by atoms with Crippen LogP contribution in [0.15, 0.2) is 18.5 Å². The molecule has 0 aliphatic rings. The highest BCUT2D eigenvalue weighted by molar-refractivity contribution is 6.32. The van der Waals surface area contributed by atoms with E-state index in [-0.39, 0.29) is 0 Å². The van der Waals surface area contributed by atoms with Crippen molar-refractivity contribution in [2.45, 2.75) is 96.8 Å². The highest BCUT2D eigenvalue weighted by Gasteiger charge is 2.14. The van der Waals surface area contributed by atoms with E-state index in [1.54, 1.807) is 26.4 Å². The predicted octanol–water partition coefficient (Wildman–Crippen LogP) is 8.37. The standard InChI is InChI=1S/C28H46ClN5O2/c1-4-5-6-7-8-9-10-11-12-13-14-15-16-17-18-31-27-26(30)28(33-21-32-27)34-23-19-22(29)24(35-2)20-25(23)36-3/h19-21H,4-18,30H2,1-3H3,(H2,31,32,33,34). The first-order valence-corrected chi connectivity index (χ1v) is 14.0. The van der Waals surface area contributed by atoms with Crippen molar-refractivity contribution >= 4 is 34.6 Å². The van der Waals surface area contributed by atoms with E-state index < -0.39 is 0 Å².